The van der Waals surface area contributed by atoms with E-state index in [1.54, 1.807) is 0 Å². The molecule has 11 aromatic rings. The smallest absolute Gasteiger partial charge is 0.160 e. The van der Waals surface area contributed by atoms with Crippen molar-refractivity contribution in [1.82, 2.24) is 19.1 Å². The van der Waals surface area contributed by atoms with Crippen molar-refractivity contribution in [2.75, 3.05) is 0 Å². The predicted octanol–water partition coefficient (Wildman–Crippen LogP) is 13.3. The first-order chi connectivity index (χ1) is 27.8. The zero-order valence-electron chi connectivity index (χ0n) is 30.4. The van der Waals surface area contributed by atoms with Gasteiger partial charge in [-0.05, 0) is 83.9 Å². The van der Waals surface area contributed by atoms with Gasteiger partial charge in [0.1, 0.15) is 0 Å². The molecule has 8 aromatic carbocycles. The molecule has 0 radical (unpaired) electrons. The lowest BCUT2D eigenvalue weighted by molar-refractivity contribution is 1.16. The Labute approximate surface area is 324 Å². The molecule has 262 valence electrons. The minimum absolute atomic E-state index is 0.699. The molecule has 0 saturated heterocycles. The minimum atomic E-state index is 0.699. The van der Waals surface area contributed by atoms with Crippen molar-refractivity contribution in [3.8, 4) is 56.4 Å². The Morgan fingerprint density at radius 3 is 1.36 bits per heavy atom. The SMILES string of the molecule is c1ccc(-c2cc(-c3ccccc3)nc(-c3ccc(-n4c5ccccc5c5ccc(-c6ccc7c(c6)c6ccccc6n7-c6ccccc6)cc54)cc3)n2)cc1. The summed E-state index contributed by atoms with van der Waals surface area (Å²) in [7, 11) is 0. The highest BCUT2D eigenvalue weighted by molar-refractivity contribution is 6.12. The van der Waals surface area contributed by atoms with Crippen LogP contribution >= 0.6 is 0 Å². The maximum absolute atomic E-state index is 5.08. The fraction of sp³-hybridized carbons (Fsp3) is 0. The average molecular weight is 715 g/mol. The van der Waals surface area contributed by atoms with E-state index in [9.17, 15) is 0 Å². The highest BCUT2D eigenvalue weighted by atomic mass is 15.0. The number of hydrogen-bond donors (Lipinski definition) is 0. The van der Waals surface area contributed by atoms with E-state index in [1.807, 2.05) is 36.4 Å². The van der Waals surface area contributed by atoms with Gasteiger partial charge in [-0.25, -0.2) is 9.97 Å². The summed E-state index contributed by atoms with van der Waals surface area (Å²) in [5.74, 6) is 0.699. The lowest BCUT2D eigenvalue weighted by Crippen LogP contribution is -1.97. The second kappa shape index (κ2) is 13.1. The van der Waals surface area contributed by atoms with E-state index in [1.165, 1.54) is 49.2 Å². The fourth-order valence-corrected chi connectivity index (χ4v) is 8.29. The summed E-state index contributed by atoms with van der Waals surface area (Å²) in [5.41, 5.74) is 14.2. The maximum atomic E-state index is 5.08. The lowest BCUT2D eigenvalue weighted by Gasteiger charge is -2.12. The molecule has 0 fully saturated rings. The number of aromatic nitrogens is 4. The van der Waals surface area contributed by atoms with Crippen LogP contribution in [-0.4, -0.2) is 19.1 Å². The number of hydrogen-bond acceptors (Lipinski definition) is 2. The molecule has 0 aliphatic rings. The second-order valence-electron chi connectivity index (χ2n) is 14.2. The van der Waals surface area contributed by atoms with Crippen molar-refractivity contribution >= 4 is 43.6 Å². The molecule has 3 aromatic heterocycles. The van der Waals surface area contributed by atoms with Gasteiger partial charge in [-0.15, -0.1) is 0 Å². The Balaban J connectivity index is 1.03. The predicted molar refractivity (Wildman–Crippen MR) is 232 cm³/mol. The first-order valence-corrected chi connectivity index (χ1v) is 19.0. The maximum Gasteiger partial charge on any atom is 0.160 e. The van der Waals surface area contributed by atoms with Gasteiger partial charge in [0.2, 0.25) is 0 Å². The Morgan fingerprint density at radius 2 is 0.714 bits per heavy atom. The lowest BCUT2D eigenvalue weighted by atomic mass is 10.0. The zero-order valence-corrected chi connectivity index (χ0v) is 30.4. The summed E-state index contributed by atoms with van der Waals surface area (Å²) in [6, 6.07) is 73.2. The van der Waals surface area contributed by atoms with Crippen LogP contribution in [0.5, 0.6) is 0 Å². The largest absolute Gasteiger partial charge is 0.309 e. The molecule has 0 amide bonds. The van der Waals surface area contributed by atoms with Crippen molar-refractivity contribution in [3.05, 3.63) is 206 Å². The van der Waals surface area contributed by atoms with Gasteiger partial charge in [-0.3, -0.25) is 0 Å². The first-order valence-electron chi connectivity index (χ1n) is 19.0. The minimum Gasteiger partial charge on any atom is -0.309 e. The normalized spacial score (nSPS) is 11.6. The van der Waals surface area contributed by atoms with E-state index in [0.29, 0.717) is 5.82 Å². The molecular formula is C52H34N4. The summed E-state index contributed by atoms with van der Waals surface area (Å²) in [6.45, 7) is 0. The summed E-state index contributed by atoms with van der Waals surface area (Å²) in [6.07, 6.45) is 0. The van der Waals surface area contributed by atoms with Crippen LogP contribution in [0.1, 0.15) is 0 Å². The Hall–Kier alpha value is -7.56. The van der Waals surface area contributed by atoms with Crippen LogP contribution in [0.3, 0.4) is 0 Å². The van der Waals surface area contributed by atoms with E-state index >= 15 is 0 Å². The zero-order chi connectivity index (χ0) is 37.0. The van der Waals surface area contributed by atoms with Crippen LogP contribution in [0.25, 0.3) is 100 Å². The van der Waals surface area contributed by atoms with Gasteiger partial charge in [0.15, 0.2) is 5.82 Å². The molecule has 0 N–H and O–H groups in total. The van der Waals surface area contributed by atoms with Crippen molar-refractivity contribution in [2.24, 2.45) is 0 Å². The average Bonchev–Trinajstić information content (AvgIpc) is 3.79. The standard InChI is InChI=1S/C52H34N4/c1-4-14-35(15-5-1)46-34-47(36-16-6-2-7-17-36)54-52(53-46)37-24-28-41(29-25-37)56-48-22-12-10-20-42(48)44-30-26-39(33-51(44)56)38-27-31-50-45(32-38)43-21-11-13-23-49(43)55(50)40-18-8-3-9-19-40/h1-34H. The summed E-state index contributed by atoms with van der Waals surface area (Å²) >= 11 is 0. The summed E-state index contributed by atoms with van der Waals surface area (Å²) in [4.78, 5) is 10.2. The number of benzene rings is 8. The van der Waals surface area contributed by atoms with Crippen LogP contribution in [0.15, 0.2) is 206 Å². The molecule has 11 rings (SSSR count). The molecule has 4 heteroatoms. The van der Waals surface area contributed by atoms with Crippen molar-refractivity contribution in [3.63, 3.8) is 0 Å². The Morgan fingerprint density at radius 1 is 0.268 bits per heavy atom. The van der Waals surface area contributed by atoms with Crippen LogP contribution in [-0.2, 0) is 0 Å². The van der Waals surface area contributed by atoms with Gasteiger partial charge in [-0.1, -0.05) is 133 Å². The third-order valence-electron chi connectivity index (χ3n) is 10.9. The van der Waals surface area contributed by atoms with Crippen molar-refractivity contribution in [2.45, 2.75) is 0 Å². The monoisotopic (exact) mass is 714 g/mol. The van der Waals surface area contributed by atoms with Gasteiger partial charge in [0, 0.05) is 49.6 Å². The topological polar surface area (TPSA) is 35.6 Å². The summed E-state index contributed by atoms with van der Waals surface area (Å²) in [5, 5.41) is 4.94. The number of nitrogens with zero attached hydrogens (tertiary/aromatic N) is 4. The third kappa shape index (κ3) is 5.31. The molecule has 56 heavy (non-hydrogen) atoms. The van der Waals surface area contributed by atoms with Crippen LogP contribution in [0, 0.1) is 0 Å². The van der Waals surface area contributed by atoms with E-state index in [2.05, 4.69) is 179 Å². The van der Waals surface area contributed by atoms with Crippen LogP contribution < -0.4 is 0 Å². The highest BCUT2D eigenvalue weighted by Gasteiger charge is 2.17. The fourth-order valence-electron chi connectivity index (χ4n) is 8.29. The van der Waals surface area contributed by atoms with Gasteiger partial charge >= 0.3 is 0 Å². The number of rotatable bonds is 6. The molecule has 0 saturated carbocycles. The van der Waals surface area contributed by atoms with Crippen molar-refractivity contribution < 1.29 is 0 Å². The van der Waals surface area contributed by atoms with Crippen molar-refractivity contribution in [1.29, 1.82) is 0 Å². The van der Waals surface area contributed by atoms with Gasteiger partial charge in [-0.2, -0.15) is 0 Å². The molecule has 0 spiro atoms. The molecule has 0 bridgehead atoms. The number of para-hydroxylation sites is 3. The van der Waals surface area contributed by atoms with Gasteiger partial charge < -0.3 is 9.13 Å². The second-order valence-corrected chi connectivity index (χ2v) is 14.2. The van der Waals surface area contributed by atoms with Gasteiger partial charge in [0.05, 0.1) is 33.5 Å². The first kappa shape index (κ1) is 31.9. The molecule has 0 unspecified atom stereocenters. The summed E-state index contributed by atoms with van der Waals surface area (Å²) < 4.78 is 4.75. The quantitative estimate of drug-likeness (QED) is 0.172. The molecule has 0 aliphatic carbocycles. The molecule has 4 nitrogen and oxygen atoms in total. The molecule has 0 atom stereocenters. The van der Waals surface area contributed by atoms with E-state index in [4.69, 9.17) is 9.97 Å². The number of fused-ring (bicyclic) bond motifs is 6. The third-order valence-corrected chi connectivity index (χ3v) is 10.9. The van der Waals surface area contributed by atoms with E-state index in [-0.39, 0.29) is 0 Å². The molecule has 3 heterocycles. The van der Waals surface area contributed by atoms with E-state index in [0.717, 1.165) is 45.0 Å². The molecule has 0 aliphatic heterocycles. The van der Waals surface area contributed by atoms with Gasteiger partial charge in [0.25, 0.3) is 0 Å². The Kier molecular flexibility index (Phi) is 7.46. The highest BCUT2D eigenvalue weighted by Crippen LogP contribution is 2.38. The van der Waals surface area contributed by atoms with E-state index < -0.39 is 0 Å². The molecular weight excluding hydrogens is 681 g/mol. The van der Waals surface area contributed by atoms with Crippen LogP contribution in [0.4, 0.5) is 0 Å². The van der Waals surface area contributed by atoms with Crippen LogP contribution in [0.2, 0.25) is 0 Å². The Bertz CT molecular complexity index is 3160.